The number of benzene rings is 2. The summed E-state index contributed by atoms with van der Waals surface area (Å²) >= 11 is 7.23. The van der Waals surface area contributed by atoms with Crippen molar-refractivity contribution in [1.29, 1.82) is 0 Å². The van der Waals surface area contributed by atoms with E-state index < -0.39 is 4.92 Å². The van der Waals surface area contributed by atoms with Crippen molar-refractivity contribution in [3.05, 3.63) is 85.7 Å². The fraction of sp³-hybridized carbons (Fsp3) is 0.143. The van der Waals surface area contributed by atoms with Gasteiger partial charge in [-0.05, 0) is 48.4 Å². The van der Waals surface area contributed by atoms with Gasteiger partial charge in [0.05, 0.1) is 23.2 Å². The summed E-state index contributed by atoms with van der Waals surface area (Å²) in [4.78, 5) is 28.5. The first-order valence-electron chi connectivity index (χ1n) is 9.13. The van der Waals surface area contributed by atoms with E-state index in [1.54, 1.807) is 47.3 Å². The van der Waals surface area contributed by atoms with Crippen molar-refractivity contribution in [1.82, 2.24) is 9.55 Å². The maximum absolute atomic E-state index is 13.0. The lowest BCUT2D eigenvalue weighted by molar-refractivity contribution is -0.384. The molecule has 0 bridgehead atoms. The summed E-state index contributed by atoms with van der Waals surface area (Å²) in [5.41, 5.74) is 1.35. The molecule has 152 valence electrons. The molecule has 0 spiro atoms. The van der Waals surface area contributed by atoms with Crippen LogP contribution in [0.2, 0.25) is 5.02 Å². The van der Waals surface area contributed by atoms with Gasteiger partial charge in [-0.1, -0.05) is 11.6 Å². The molecule has 30 heavy (non-hydrogen) atoms. The van der Waals surface area contributed by atoms with Crippen LogP contribution in [0.5, 0.6) is 5.75 Å². The van der Waals surface area contributed by atoms with E-state index in [0.29, 0.717) is 34.8 Å². The average molecular weight is 442 g/mol. The molecule has 0 fully saturated rings. The van der Waals surface area contributed by atoms with Crippen LogP contribution in [-0.2, 0) is 6.54 Å². The number of halogens is 1. The number of nitro groups is 1. The van der Waals surface area contributed by atoms with E-state index in [-0.39, 0.29) is 11.2 Å². The average Bonchev–Trinajstić information content (AvgIpc) is 3.19. The lowest BCUT2D eigenvalue weighted by Crippen LogP contribution is -2.21. The largest absolute Gasteiger partial charge is 0.494 e. The van der Waals surface area contributed by atoms with Gasteiger partial charge in [-0.2, -0.15) is 0 Å². The molecule has 4 rings (SSSR count). The van der Waals surface area contributed by atoms with Crippen molar-refractivity contribution in [2.75, 3.05) is 6.61 Å². The number of thiophene rings is 1. The molecule has 0 saturated carbocycles. The van der Waals surface area contributed by atoms with Crippen LogP contribution in [0.3, 0.4) is 0 Å². The Hall–Kier alpha value is -3.23. The molecule has 7 nitrogen and oxygen atoms in total. The van der Waals surface area contributed by atoms with E-state index in [0.717, 1.165) is 16.9 Å². The second-order valence-electron chi connectivity index (χ2n) is 6.53. The van der Waals surface area contributed by atoms with Gasteiger partial charge in [0.15, 0.2) is 0 Å². The van der Waals surface area contributed by atoms with Gasteiger partial charge in [0, 0.05) is 34.6 Å². The van der Waals surface area contributed by atoms with Crippen LogP contribution in [0, 0.1) is 10.1 Å². The van der Waals surface area contributed by atoms with Crippen LogP contribution in [0.25, 0.3) is 21.3 Å². The Morgan fingerprint density at radius 1 is 1.13 bits per heavy atom. The van der Waals surface area contributed by atoms with Gasteiger partial charge < -0.3 is 4.74 Å². The lowest BCUT2D eigenvalue weighted by Gasteiger charge is -2.08. The molecule has 0 aliphatic rings. The topological polar surface area (TPSA) is 87.3 Å². The maximum Gasteiger partial charge on any atom is 0.269 e. The molecular weight excluding hydrogens is 426 g/mol. The fourth-order valence-corrected chi connectivity index (χ4v) is 4.09. The first-order valence-corrected chi connectivity index (χ1v) is 10.4. The first kappa shape index (κ1) is 20.1. The third-order valence-corrected chi connectivity index (χ3v) is 5.71. The molecule has 0 atom stereocenters. The van der Waals surface area contributed by atoms with Crippen molar-refractivity contribution >= 4 is 38.8 Å². The molecule has 0 aliphatic heterocycles. The van der Waals surface area contributed by atoms with Crippen LogP contribution in [0.1, 0.15) is 6.42 Å². The molecule has 2 aromatic carbocycles. The molecule has 0 unspecified atom stereocenters. The molecule has 0 amide bonds. The summed E-state index contributed by atoms with van der Waals surface area (Å²) in [6.07, 6.45) is 2.18. The van der Waals surface area contributed by atoms with Gasteiger partial charge in [-0.15, -0.1) is 11.3 Å². The van der Waals surface area contributed by atoms with Crippen LogP contribution < -0.4 is 10.3 Å². The summed E-state index contributed by atoms with van der Waals surface area (Å²) in [7, 11) is 0. The number of hydrogen-bond donors (Lipinski definition) is 0. The third-order valence-electron chi connectivity index (χ3n) is 4.58. The number of hydrogen-bond acceptors (Lipinski definition) is 6. The highest BCUT2D eigenvalue weighted by atomic mass is 35.5. The first-order chi connectivity index (χ1) is 14.5. The van der Waals surface area contributed by atoms with Crippen molar-refractivity contribution in [3.8, 4) is 16.9 Å². The second kappa shape index (κ2) is 8.64. The minimum atomic E-state index is -0.448. The number of nitro benzene ring substituents is 1. The second-order valence-corrected chi connectivity index (χ2v) is 7.83. The quantitative estimate of drug-likeness (QED) is 0.225. The van der Waals surface area contributed by atoms with Crippen LogP contribution >= 0.6 is 22.9 Å². The van der Waals surface area contributed by atoms with Gasteiger partial charge in [0.25, 0.3) is 11.2 Å². The number of fused-ring (bicyclic) bond motifs is 1. The zero-order valence-electron chi connectivity index (χ0n) is 15.7. The minimum Gasteiger partial charge on any atom is -0.494 e. The Labute approximate surface area is 180 Å². The summed E-state index contributed by atoms with van der Waals surface area (Å²) in [5, 5.41) is 13.9. The Bertz CT molecular complexity index is 1250. The number of rotatable bonds is 7. The predicted molar refractivity (Wildman–Crippen MR) is 118 cm³/mol. The highest BCUT2D eigenvalue weighted by Gasteiger charge is 2.14. The summed E-state index contributed by atoms with van der Waals surface area (Å²) < 4.78 is 7.24. The van der Waals surface area contributed by atoms with E-state index in [4.69, 9.17) is 16.3 Å². The molecule has 0 N–H and O–H groups in total. The van der Waals surface area contributed by atoms with E-state index in [1.807, 2.05) is 5.38 Å². The number of aryl methyl sites for hydroxylation is 1. The summed E-state index contributed by atoms with van der Waals surface area (Å²) in [5.74, 6) is 0.721. The third kappa shape index (κ3) is 4.19. The Morgan fingerprint density at radius 3 is 2.57 bits per heavy atom. The zero-order valence-corrected chi connectivity index (χ0v) is 17.2. The fourth-order valence-electron chi connectivity index (χ4n) is 3.06. The monoisotopic (exact) mass is 441 g/mol. The number of ether oxygens (including phenoxy) is 1. The molecule has 0 saturated heterocycles. The van der Waals surface area contributed by atoms with E-state index >= 15 is 0 Å². The molecule has 0 aliphatic carbocycles. The van der Waals surface area contributed by atoms with Gasteiger partial charge >= 0.3 is 0 Å². The predicted octanol–water partition coefficient (Wildman–Crippen LogP) is 5.16. The molecule has 2 aromatic heterocycles. The van der Waals surface area contributed by atoms with Gasteiger partial charge in [0.2, 0.25) is 0 Å². The summed E-state index contributed by atoms with van der Waals surface area (Å²) in [6, 6.07) is 13.3. The summed E-state index contributed by atoms with van der Waals surface area (Å²) in [6.45, 7) is 0.913. The van der Waals surface area contributed by atoms with Crippen molar-refractivity contribution < 1.29 is 9.66 Å². The Morgan fingerprint density at radius 2 is 1.87 bits per heavy atom. The van der Waals surface area contributed by atoms with E-state index in [2.05, 4.69) is 4.98 Å². The van der Waals surface area contributed by atoms with E-state index in [1.165, 1.54) is 23.5 Å². The highest BCUT2D eigenvalue weighted by Crippen LogP contribution is 2.31. The Balaban J connectivity index is 1.51. The molecule has 4 aromatic rings. The standard InChI is InChI=1S/C21H16ClN3O4S/c22-15-4-8-17(9-5-15)29-11-1-10-24-13-23-20-19(21(24)26)18(12-30-20)14-2-6-16(7-3-14)25(27)28/h2-9,12-13H,1,10-11H2. The number of aromatic nitrogens is 2. The Kier molecular flexibility index (Phi) is 5.78. The van der Waals surface area contributed by atoms with Crippen LogP contribution in [-0.4, -0.2) is 21.1 Å². The van der Waals surface area contributed by atoms with Gasteiger partial charge in [-0.3, -0.25) is 19.5 Å². The molecule has 0 radical (unpaired) electrons. The minimum absolute atomic E-state index is 0.00880. The molecule has 9 heteroatoms. The maximum atomic E-state index is 13.0. The number of nitrogens with zero attached hydrogens (tertiary/aromatic N) is 3. The van der Waals surface area contributed by atoms with Crippen molar-refractivity contribution in [2.45, 2.75) is 13.0 Å². The van der Waals surface area contributed by atoms with Gasteiger partial charge in [0.1, 0.15) is 10.6 Å². The van der Waals surface area contributed by atoms with Crippen LogP contribution in [0.15, 0.2) is 65.0 Å². The molecule has 2 heterocycles. The lowest BCUT2D eigenvalue weighted by atomic mass is 10.1. The van der Waals surface area contributed by atoms with Gasteiger partial charge in [-0.25, -0.2) is 4.98 Å². The number of non-ortho nitro benzene ring substituents is 1. The van der Waals surface area contributed by atoms with E-state index in [9.17, 15) is 14.9 Å². The smallest absolute Gasteiger partial charge is 0.269 e. The van der Waals surface area contributed by atoms with Crippen molar-refractivity contribution in [2.24, 2.45) is 0 Å². The highest BCUT2D eigenvalue weighted by molar-refractivity contribution is 7.17. The normalized spacial score (nSPS) is 11.0. The SMILES string of the molecule is O=c1c2c(-c3ccc([N+](=O)[O-])cc3)csc2ncn1CCCOc1ccc(Cl)cc1. The van der Waals surface area contributed by atoms with Crippen LogP contribution in [0.4, 0.5) is 5.69 Å². The van der Waals surface area contributed by atoms with Crippen molar-refractivity contribution in [3.63, 3.8) is 0 Å². The molecular formula is C21H16ClN3O4S. The zero-order chi connectivity index (χ0) is 21.1.